The summed E-state index contributed by atoms with van der Waals surface area (Å²) in [7, 11) is 1.31. The molecule has 5 rings (SSSR count). The van der Waals surface area contributed by atoms with Crippen molar-refractivity contribution < 1.29 is 22.7 Å². The zero-order valence-electron chi connectivity index (χ0n) is 17.1. The van der Waals surface area contributed by atoms with Crippen LogP contribution in [0.5, 0.6) is 0 Å². The summed E-state index contributed by atoms with van der Waals surface area (Å²) in [6, 6.07) is 4.95. The third kappa shape index (κ3) is 3.33. The third-order valence-electron chi connectivity index (χ3n) is 5.62. The number of carbonyl (C=O) groups is 1. The number of nitrogens with one attached hydrogen (secondary N) is 1. The quantitative estimate of drug-likeness (QED) is 0.482. The fourth-order valence-electron chi connectivity index (χ4n) is 4.16. The predicted octanol–water partition coefficient (Wildman–Crippen LogP) is 3.83. The Hall–Kier alpha value is -3.63. The van der Waals surface area contributed by atoms with Crippen LogP contribution in [-0.2, 0) is 30.4 Å². The Morgan fingerprint density at radius 1 is 1.25 bits per heavy atom. The van der Waals surface area contributed by atoms with Crippen LogP contribution in [0.3, 0.4) is 0 Å². The van der Waals surface area contributed by atoms with Crippen molar-refractivity contribution in [3.8, 4) is 0 Å². The van der Waals surface area contributed by atoms with Crippen molar-refractivity contribution in [3.63, 3.8) is 0 Å². The molecule has 0 bridgehead atoms. The maximum atomic E-state index is 13.4. The molecule has 4 heterocycles. The van der Waals surface area contributed by atoms with Crippen LogP contribution < -0.4 is 5.32 Å². The highest BCUT2D eigenvalue weighted by molar-refractivity contribution is 5.94. The lowest BCUT2D eigenvalue weighted by Crippen LogP contribution is -2.19. The summed E-state index contributed by atoms with van der Waals surface area (Å²) in [5.41, 5.74) is 3.09. The van der Waals surface area contributed by atoms with Gasteiger partial charge in [0.15, 0.2) is 11.5 Å². The lowest BCUT2D eigenvalue weighted by Gasteiger charge is -2.18. The molecule has 0 unspecified atom stereocenters. The Morgan fingerprint density at radius 3 is 2.88 bits per heavy atom. The SMILES string of the molecule is COC(=O)c1ccc2nc(NCc3nc(C(F)(F)F)n4c3CCCC4)c3nccn3c2c1. The Bertz CT molecular complexity index is 1340. The van der Waals surface area contributed by atoms with Crippen molar-refractivity contribution in [2.24, 2.45) is 0 Å². The molecule has 4 aromatic rings. The summed E-state index contributed by atoms with van der Waals surface area (Å²) in [5.74, 6) is -0.899. The van der Waals surface area contributed by atoms with Gasteiger partial charge in [0.1, 0.15) is 0 Å². The van der Waals surface area contributed by atoms with Gasteiger partial charge in [-0.25, -0.2) is 19.7 Å². The van der Waals surface area contributed by atoms with E-state index >= 15 is 0 Å². The van der Waals surface area contributed by atoms with E-state index in [1.165, 1.54) is 11.7 Å². The molecule has 1 aliphatic heterocycles. The van der Waals surface area contributed by atoms with Gasteiger partial charge in [0.2, 0.25) is 5.82 Å². The van der Waals surface area contributed by atoms with E-state index in [2.05, 4.69) is 20.3 Å². The number of halogens is 3. The molecule has 166 valence electrons. The van der Waals surface area contributed by atoms with Gasteiger partial charge < -0.3 is 14.6 Å². The van der Waals surface area contributed by atoms with Gasteiger partial charge in [-0.2, -0.15) is 13.2 Å². The highest BCUT2D eigenvalue weighted by atomic mass is 19.4. The first-order valence-electron chi connectivity index (χ1n) is 10.1. The Kier molecular flexibility index (Phi) is 4.75. The number of fused-ring (bicyclic) bond motifs is 4. The molecule has 0 saturated heterocycles. The molecule has 0 spiro atoms. The summed E-state index contributed by atoms with van der Waals surface area (Å²) in [4.78, 5) is 24.7. The molecule has 0 fully saturated rings. The van der Waals surface area contributed by atoms with Crippen LogP contribution in [0.4, 0.5) is 19.0 Å². The number of hydrogen-bond acceptors (Lipinski definition) is 6. The Morgan fingerprint density at radius 2 is 2.09 bits per heavy atom. The smallest absolute Gasteiger partial charge is 0.449 e. The number of aromatic nitrogens is 5. The number of carbonyl (C=O) groups excluding carboxylic acids is 1. The van der Waals surface area contributed by atoms with Crippen LogP contribution in [0.15, 0.2) is 30.6 Å². The summed E-state index contributed by atoms with van der Waals surface area (Å²) in [6.07, 6.45) is 0.906. The molecule has 8 nitrogen and oxygen atoms in total. The molecule has 0 saturated carbocycles. The number of benzene rings is 1. The molecule has 0 aliphatic carbocycles. The molecule has 1 aliphatic rings. The van der Waals surface area contributed by atoms with Crippen LogP contribution in [0.2, 0.25) is 0 Å². The van der Waals surface area contributed by atoms with Gasteiger partial charge >= 0.3 is 12.1 Å². The van der Waals surface area contributed by atoms with Crippen LogP contribution in [0, 0.1) is 0 Å². The summed E-state index contributed by atoms with van der Waals surface area (Å²) < 4.78 is 48.2. The fraction of sp³-hybridized carbons (Fsp3) is 0.333. The first-order valence-corrected chi connectivity index (χ1v) is 10.1. The largest absolute Gasteiger partial charge is 0.465 e. The van der Waals surface area contributed by atoms with E-state index in [-0.39, 0.29) is 6.54 Å². The lowest BCUT2D eigenvalue weighted by atomic mass is 10.1. The maximum absolute atomic E-state index is 13.4. The minimum Gasteiger partial charge on any atom is -0.465 e. The summed E-state index contributed by atoms with van der Waals surface area (Å²) in [6.45, 7) is 0.408. The number of alkyl halides is 3. The average Bonchev–Trinajstić information content (AvgIpc) is 3.42. The molecular formula is C21H19F3N6O2. The van der Waals surface area contributed by atoms with Gasteiger partial charge in [-0.3, -0.25) is 4.40 Å². The number of nitrogens with zero attached hydrogens (tertiary/aromatic N) is 5. The van der Waals surface area contributed by atoms with Crippen molar-refractivity contribution in [1.29, 1.82) is 0 Å². The molecule has 0 amide bonds. The van der Waals surface area contributed by atoms with Gasteiger partial charge in [-0.15, -0.1) is 0 Å². The molecule has 32 heavy (non-hydrogen) atoms. The van der Waals surface area contributed by atoms with E-state index < -0.39 is 18.0 Å². The second-order valence-corrected chi connectivity index (χ2v) is 7.57. The van der Waals surface area contributed by atoms with E-state index in [1.807, 2.05) is 0 Å². The van der Waals surface area contributed by atoms with Crippen molar-refractivity contribution in [2.75, 3.05) is 12.4 Å². The van der Waals surface area contributed by atoms with E-state index in [1.54, 1.807) is 35.0 Å². The standard InChI is InChI=1S/C21H19F3N6O2/c1-32-19(31)12-5-6-13-16(10-12)29-9-7-25-18(29)17(27-13)26-11-14-15-4-2-3-8-30(15)20(28-14)21(22,23)24/h5-7,9-10H,2-4,8,11H2,1H3,(H,26,27). The summed E-state index contributed by atoms with van der Waals surface area (Å²) in [5, 5.41) is 3.12. The normalized spacial score (nSPS) is 14.0. The first kappa shape index (κ1) is 20.3. The number of methoxy groups -OCH3 is 1. The lowest BCUT2D eigenvalue weighted by molar-refractivity contribution is -0.147. The Labute approximate surface area is 180 Å². The maximum Gasteiger partial charge on any atom is 0.449 e. The highest BCUT2D eigenvalue weighted by Crippen LogP contribution is 2.33. The molecule has 1 N–H and O–H groups in total. The fourth-order valence-corrected chi connectivity index (χ4v) is 4.16. The van der Waals surface area contributed by atoms with Crippen molar-refractivity contribution in [2.45, 2.75) is 38.5 Å². The molecule has 11 heteroatoms. The van der Waals surface area contributed by atoms with Crippen LogP contribution in [-0.4, -0.2) is 37.0 Å². The molecular weight excluding hydrogens is 425 g/mol. The monoisotopic (exact) mass is 444 g/mol. The van der Waals surface area contributed by atoms with Gasteiger partial charge in [0, 0.05) is 24.6 Å². The highest BCUT2D eigenvalue weighted by Gasteiger charge is 2.39. The number of anilines is 1. The van der Waals surface area contributed by atoms with E-state index in [0.717, 1.165) is 6.42 Å². The second-order valence-electron chi connectivity index (χ2n) is 7.57. The van der Waals surface area contributed by atoms with Crippen LogP contribution in [0.25, 0.3) is 16.7 Å². The molecule has 1 aromatic carbocycles. The predicted molar refractivity (Wildman–Crippen MR) is 109 cm³/mol. The topological polar surface area (TPSA) is 86.3 Å². The van der Waals surface area contributed by atoms with Crippen molar-refractivity contribution in [1.82, 2.24) is 23.9 Å². The average molecular weight is 444 g/mol. The van der Waals surface area contributed by atoms with Gasteiger partial charge in [-0.05, 0) is 37.5 Å². The number of hydrogen-bond donors (Lipinski definition) is 1. The van der Waals surface area contributed by atoms with Crippen molar-refractivity contribution >= 4 is 28.5 Å². The summed E-state index contributed by atoms with van der Waals surface area (Å²) >= 11 is 0. The molecule has 3 aromatic heterocycles. The first-order chi connectivity index (χ1) is 15.4. The van der Waals surface area contributed by atoms with Crippen LogP contribution >= 0.6 is 0 Å². The van der Waals surface area contributed by atoms with E-state index in [0.29, 0.717) is 58.8 Å². The zero-order valence-corrected chi connectivity index (χ0v) is 17.1. The van der Waals surface area contributed by atoms with E-state index in [9.17, 15) is 18.0 Å². The third-order valence-corrected chi connectivity index (χ3v) is 5.62. The van der Waals surface area contributed by atoms with Gasteiger partial charge in [0.05, 0.1) is 35.9 Å². The molecule has 0 atom stereocenters. The van der Waals surface area contributed by atoms with Gasteiger partial charge in [0.25, 0.3) is 0 Å². The van der Waals surface area contributed by atoms with E-state index in [4.69, 9.17) is 4.74 Å². The number of imidazole rings is 2. The minimum absolute atomic E-state index is 0.0900. The zero-order chi connectivity index (χ0) is 22.5. The second kappa shape index (κ2) is 7.50. The van der Waals surface area contributed by atoms with Crippen molar-refractivity contribution in [3.05, 3.63) is 53.4 Å². The van der Waals surface area contributed by atoms with Crippen LogP contribution in [0.1, 0.15) is 40.4 Å². The Balaban J connectivity index is 1.52. The number of ether oxygens (including phenoxy) is 1. The number of rotatable bonds is 4. The molecule has 0 radical (unpaired) electrons. The number of esters is 1. The van der Waals surface area contributed by atoms with Gasteiger partial charge in [-0.1, -0.05) is 0 Å². The minimum atomic E-state index is -4.50.